The SMILES string of the molecule is C=CCCCN(C)C(=NC)NCC(c1ccc(C)o1)N1CCCC1. The van der Waals surface area contributed by atoms with Crippen LogP contribution in [0.1, 0.15) is 43.2 Å². The highest BCUT2D eigenvalue weighted by Gasteiger charge is 2.26. The highest BCUT2D eigenvalue weighted by atomic mass is 16.3. The molecule has 1 aliphatic heterocycles. The van der Waals surface area contributed by atoms with E-state index in [1.807, 2.05) is 20.0 Å². The van der Waals surface area contributed by atoms with Crippen molar-refractivity contribution in [1.29, 1.82) is 0 Å². The van der Waals surface area contributed by atoms with Crippen LogP contribution in [0.5, 0.6) is 0 Å². The van der Waals surface area contributed by atoms with Gasteiger partial charge in [0, 0.05) is 27.2 Å². The molecule has 2 rings (SSSR count). The number of nitrogens with zero attached hydrogens (tertiary/aromatic N) is 3. The van der Waals surface area contributed by atoms with E-state index in [2.05, 4.69) is 45.9 Å². The van der Waals surface area contributed by atoms with Gasteiger partial charge in [-0.3, -0.25) is 9.89 Å². The fraction of sp³-hybridized carbons (Fsp3) is 0.632. The number of furan rings is 1. The number of allylic oxidation sites excluding steroid dienone is 1. The summed E-state index contributed by atoms with van der Waals surface area (Å²) in [5.74, 6) is 2.96. The molecule has 134 valence electrons. The molecule has 1 aromatic heterocycles. The molecule has 1 aliphatic rings. The molecule has 24 heavy (non-hydrogen) atoms. The first-order valence-electron chi connectivity index (χ1n) is 8.98. The van der Waals surface area contributed by atoms with Gasteiger partial charge in [0.05, 0.1) is 6.04 Å². The van der Waals surface area contributed by atoms with Crippen LogP contribution in [0.4, 0.5) is 0 Å². The van der Waals surface area contributed by atoms with Crippen LogP contribution in [-0.2, 0) is 0 Å². The Bertz CT molecular complexity index is 531. The third kappa shape index (κ3) is 5.13. The first-order chi connectivity index (χ1) is 11.7. The summed E-state index contributed by atoms with van der Waals surface area (Å²) >= 11 is 0. The van der Waals surface area contributed by atoms with Crippen molar-refractivity contribution in [2.75, 3.05) is 40.3 Å². The summed E-state index contributed by atoms with van der Waals surface area (Å²) in [5, 5.41) is 3.53. The number of unbranched alkanes of at least 4 members (excludes halogenated alkanes) is 1. The molecule has 5 heteroatoms. The van der Waals surface area contributed by atoms with Gasteiger partial charge in [0.25, 0.3) is 0 Å². The van der Waals surface area contributed by atoms with Gasteiger partial charge < -0.3 is 14.6 Å². The van der Waals surface area contributed by atoms with Gasteiger partial charge in [-0.05, 0) is 57.8 Å². The maximum atomic E-state index is 5.92. The summed E-state index contributed by atoms with van der Waals surface area (Å²) in [5.41, 5.74) is 0. The number of hydrogen-bond acceptors (Lipinski definition) is 3. The molecule has 1 aromatic rings. The van der Waals surface area contributed by atoms with Gasteiger partial charge in [-0.2, -0.15) is 0 Å². The lowest BCUT2D eigenvalue weighted by atomic mass is 10.2. The first kappa shape index (κ1) is 18.6. The zero-order valence-corrected chi connectivity index (χ0v) is 15.4. The molecule has 5 nitrogen and oxygen atoms in total. The lowest BCUT2D eigenvalue weighted by molar-refractivity contribution is 0.212. The molecule has 1 atom stereocenters. The van der Waals surface area contributed by atoms with Crippen molar-refractivity contribution >= 4 is 5.96 Å². The van der Waals surface area contributed by atoms with Gasteiger partial charge in [-0.25, -0.2) is 0 Å². The quantitative estimate of drug-likeness (QED) is 0.344. The number of guanidine groups is 1. The number of aliphatic imine (C=N–C) groups is 1. The molecule has 0 amide bonds. The summed E-state index contributed by atoms with van der Waals surface area (Å²) in [4.78, 5) is 9.11. The third-order valence-corrected chi connectivity index (χ3v) is 4.60. The van der Waals surface area contributed by atoms with Gasteiger partial charge in [0.1, 0.15) is 11.5 Å². The average Bonchev–Trinajstić information content (AvgIpc) is 3.24. The standard InChI is InChI=1S/C19H32N4O/c1-5-6-7-12-22(4)19(20-3)21-15-17(23-13-8-9-14-23)18-11-10-16(2)24-18/h5,10-11,17H,1,6-9,12-15H2,2-4H3,(H,20,21). The Morgan fingerprint density at radius 2 is 2.21 bits per heavy atom. The molecule has 2 heterocycles. The van der Waals surface area contributed by atoms with Crippen molar-refractivity contribution < 1.29 is 4.42 Å². The van der Waals surface area contributed by atoms with E-state index >= 15 is 0 Å². The minimum Gasteiger partial charge on any atom is -0.465 e. The normalized spacial score (nSPS) is 17.0. The topological polar surface area (TPSA) is 44.0 Å². The van der Waals surface area contributed by atoms with E-state index in [0.717, 1.165) is 56.5 Å². The smallest absolute Gasteiger partial charge is 0.193 e. The molecule has 0 radical (unpaired) electrons. The van der Waals surface area contributed by atoms with E-state index in [9.17, 15) is 0 Å². The van der Waals surface area contributed by atoms with Gasteiger partial charge in [0.15, 0.2) is 5.96 Å². The molecule has 1 saturated heterocycles. The number of likely N-dealkylation sites (tertiary alicyclic amines) is 1. The van der Waals surface area contributed by atoms with Gasteiger partial charge in [-0.15, -0.1) is 6.58 Å². The van der Waals surface area contributed by atoms with Crippen LogP contribution < -0.4 is 5.32 Å². The maximum Gasteiger partial charge on any atom is 0.193 e. The highest BCUT2D eigenvalue weighted by molar-refractivity contribution is 5.79. The van der Waals surface area contributed by atoms with Crippen LogP contribution in [0.3, 0.4) is 0 Å². The van der Waals surface area contributed by atoms with Crippen molar-refractivity contribution in [3.63, 3.8) is 0 Å². The Labute approximate surface area is 146 Å². The lowest BCUT2D eigenvalue weighted by Gasteiger charge is -2.28. The minimum atomic E-state index is 0.263. The van der Waals surface area contributed by atoms with Crippen molar-refractivity contribution in [2.24, 2.45) is 4.99 Å². The summed E-state index contributed by atoms with van der Waals surface area (Å²) < 4.78 is 5.92. The zero-order chi connectivity index (χ0) is 17.4. The van der Waals surface area contributed by atoms with Gasteiger partial charge in [-0.1, -0.05) is 6.08 Å². The van der Waals surface area contributed by atoms with E-state index in [1.165, 1.54) is 12.8 Å². The summed E-state index contributed by atoms with van der Waals surface area (Å²) in [6, 6.07) is 4.42. The predicted molar refractivity (Wildman–Crippen MR) is 100 cm³/mol. The number of aryl methyl sites for hydroxylation is 1. The van der Waals surface area contributed by atoms with Crippen LogP contribution >= 0.6 is 0 Å². The lowest BCUT2D eigenvalue weighted by Crippen LogP contribution is -2.43. The maximum absolute atomic E-state index is 5.92. The molecular weight excluding hydrogens is 300 g/mol. The van der Waals surface area contributed by atoms with Crippen LogP contribution in [0.2, 0.25) is 0 Å². The Balaban J connectivity index is 1.96. The molecule has 1 unspecified atom stereocenters. The molecule has 0 saturated carbocycles. The third-order valence-electron chi connectivity index (χ3n) is 4.60. The summed E-state index contributed by atoms with van der Waals surface area (Å²) in [6.07, 6.45) is 6.63. The number of hydrogen-bond donors (Lipinski definition) is 1. The molecule has 1 fully saturated rings. The van der Waals surface area contributed by atoms with E-state index in [0.29, 0.717) is 0 Å². The van der Waals surface area contributed by atoms with E-state index in [1.54, 1.807) is 0 Å². The zero-order valence-electron chi connectivity index (χ0n) is 15.4. The van der Waals surface area contributed by atoms with E-state index in [-0.39, 0.29) is 6.04 Å². The molecule has 0 aliphatic carbocycles. The fourth-order valence-electron chi connectivity index (χ4n) is 3.25. The van der Waals surface area contributed by atoms with Crippen LogP contribution in [0.25, 0.3) is 0 Å². The molecule has 1 N–H and O–H groups in total. The second-order valence-corrected chi connectivity index (χ2v) is 6.49. The fourth-order valence-corrected chi connectivity index (χ4v) is 3.25. The highest BCUT2D eigenvalue weighted by Crippen LogP contribution is 2.26. The monoisotopic (exact) mass is 332 g/mol. The van der Waals surface area contributed by atoms with Gasteiger partial charge >= 0.3 is 0 Å². The molecular formula is C19H32N4O. The molecule has 0 bridgehead atoms. The van der Waals surface area contributed by atoms with Gasteiger partial charge in [0.2, 0.25) is 0 Å². The summed E-state index contributed by atoms with van der Waals surface area (Å²) in [6.45, 7) is 9.85. The number of rotatable bonds is 8. The molecule has 0 spiro atoms. The van der Waals surface area contributed by atoms with E-state index in [4.69, 9.17) is 4.42 Å². The molecule has 0 aromatic carbocycles. The average molecular weight is 332 g/mol. The Hall–Kier alpha value is -1.75. The van der Waals surface area contributed by atoms with E-state index < -0.39 is 0 Å². The van der Waals surface area contributed by atoms with Crippen LogP contribution in [0.15, 0.2) is 34.2 Å². The minimum absolute atomic E-state index is 0.263. The second kappa shape index (κ2) is 9.52. The van der Waals surface area contributed by atoms with Crippen molar-refractivity contribution in [3.8, 4) is 0 Å². The Morgan fingerprint density at radius 3 is 2.79 bits per heavy atom. The summed E-state index contributed by atoms with van der Waals surface area (Å²) in [7, 11) is 3.93. The predicted octanol–water partition coefficient (Wildman–Crippen LogP) is 3.20. The van der Waals surface area contributed by atoms with Crippen LogP contribution in [-0.4, -0.2) is 56.0 Å². The second-order valence-electron chi connectivity index (χ2n) is 6.49. The number of nitrogens with one attached hydrogen (secondary N) is 1. The van der Waals surface area contributed by atoms with Crippen molar-refractivity contribution in [1.82, 2.24) is 15.1 Å². The first-order valence-corrected chi connectivity index (χ1v) is 8.98. The Morgan fingerprint density at radius 1 is 1.46 bits per heavy atom. The van der Waals surface area contributed by atoms with Crippen molar-refractivity contribution in [3.05, 3.63) is 36.3 Å². The van der Waals surface area contributed by atoms with Crippen LogP contribution in [0, 0.1) is 6.92 Å². The Kier molecular flexibility index (Phi) is 7.37. The largest absolute Gasteiger partial charge is 0.465 e. The van der Waals surface area contributed by atoms with Crippen molar-refractivity contribution in [2.45, 2.75) is 38.6 Å².